The van der Waals surface area contributed by atoms with Gasteiger partial charge in [-0.3, -0.25) is 0 Å². The maximum atomic E-state index is 4.27. The van der Waals surface area contributed by atoms with E-state index in [1.54, 1.807) is 0 Å². The van der Waals surface area contributed by atoms with Crippen molar-refractivity contribution in [2.75, 3.05) is 13.1 Å². The van der Waals surface area contributed by atoms with E-state index < -0.39 is 0 Å². The van der Waals surface area contributed by atoms with Crippen LogP contribution in [0.2, 0.25) is 0 Å². The maximum Gasteiger partial charge on any atom is 0.109 e. The molecule has 1 N–H and O–H groups in total. The van der Waals surface area contributed by atoms with Crippen molar-refractivity contribution < 1.29 is 0 Å². The van der Waals surface area contributed by atoms with E-state index in [2.05, 4.69) is 35.6 Å². The Morgan fingerprint density at radius 2 is 2.14 bits per heavy atom. The second kappa shape index (κ2) is 4.60. The van der Waals surface area contributed by atoms with Crippen molar-refractivity contribution in [2.45, 2.75) is 27.2 Å². The van der Waals surface area contributed by atoms with E-state index in [-0.39, 0.29) is 0 Å². The summed E-state index contributed by atoms with van der Waals surface area (Å²) in [4.78, 5) is 4.27. The zero-order valence-corrected chi connectivity index (χ0v) is 9.67. The molecule has 80 valence electrons. The molecule has 0 amide bonds. The van der Waals surface area contributed by atoms with Gasteiger partial charge >= 0.3 is 0 Å². The Balaban J connectivity index is 2.20. The van der Waals surface area contributed by atoms with Crippen molar-refractivity contribution in [1.29, 1.82) is 0 Å². The van der Waals surface area contributed by atoms with E-state index in [4.69, 9.17) is 0 Å². The lowest BCUT2D eigenvalue weighted by Crippen LogP contribution is -2.28. The topological polar surface area (TPSA) is 29.9 Å². The molecule has 0 unspecified atom stereocenters. The van der Waals surface area contributed by atoms with Crippen LogP contribution in [0, 0.1) is 5.41 Å². The van der Waals surface area contributed by atoms with Crippen LogP contribution in [0.15, 0.2) is 12.4 Å². The van der Waals surface area contributed by atoms with Gasteiger partial charge in [0.25, 0.3) is 0 Å². The van der Waals surface area contributed by atoms with Gasteiger partial charge < -0.3 is 9.88 Å². The summed E-state index contributed by atoms with van der Waals surface area (Å²) in [7, 11) is 2.03. The summed E-state index contributed by atoms with van der Waals surface area (Å²) in [5.74, 6) is 1.14. The second-order valence-electron chi connectivity index (χ2n) is 4.94. The highest BCUT2D eigenvalue weighted by molar-refractivity contribution is 4.91. The van der Waals surface area contributed by atoms with E-state index in [0.717, 1.165) is 25.3 Å². The van der Waals surface area contributed by atoms with Crippen LogP contribution >= 0.6 is 0 Å². The molecule has 1 aromatic rings. The van der Waals surface area contributed by atoms with E-state index in [9.17, 15) is 0 Å². The fourth-order valence-corrected chi connectivity index (χ4v) is 1.30. The Morgan fingerprint density at radius 3 is 2.64 bits per heavy atom. The Hall–Kier alpha value is -0.830. The molecule has 0 aliphatic rings. The smallest absolute Gasteiger partial charge is 0.109 e. The van der Waals surface area contributed by atoms with Gasteiger partial charge in [-0.1, -0.05) is 20.8 Å². The molecule has 0 bridgehead atoms. The molecule has 0 atom stereocenters. The Kier molecular flexibility index (Phi) is 3.69. The molecule has 0 saturated carbocycles. The predicted octanol–water partition coefficient (Wildman–Crippen LogP) is 1.60. The second-order valence-corrected chi connectivity index (χ2v) is 4.94. The van der Waals surface area contributed by atoms with Crippen molar-refractivity contribution in [2.24, 2.45) is 12.5 Å². The minimum Gasteiger partial charge on any atom is -0.338 e. The van der Waals surface area contributed by atoms with Gasteiger partial charge in [0.1, 0.15) is 5.82 Å². The largest absolute Gasteiger partial charge is 0.338 e. The molecule has 1 rings (SSSR count). The molecular formula is C11H21N3. The van der Waals surface area contributed by atoms with Crippen LogP contribution in [0.5, 0.6) is 0 Å². The normalized spacial score (nSPS) is 12.0. The zero-order valence-electron chi connectivity index (χ0n) is 9.67. The van der Waals surface area contributed by atoms with E-state index in [1.807, 2.05) is 19.4 Å². The first kappa shape index (κ1) is 11.2. The first-order valence-corrected chi connectivity index (χ1v) is 5.16. The number of aromatic nitrogens is 2. The lowest BCUT2D eigenvalue weighted by molar-refractivity contribution is 0.380. The molecule has 0 aliphatic carbocycles. The summed E-state index contributed by atoms with van der Waals surface area (Å²) in [6.45, 7) is 8.77. The van der Waals surface area contributed by atoms with Crippen LogP contribution in [0.25, 0.3) is 0 Å². The van der Waals surface area contributed by atoms with Gasteiger partial charge in [0.2, 0.25) is 0 Å². The van der Waals surface area contributed by atoms with Crippen molar-refractivity contribution in [1.82, 2.24) is 14.9 Å². The highest BCUT2D eigenvalue weighted by atomic mass is 15.0. The summed E-state index contributed by atoms with van der Waals surface area (Å²) in [6.07, 6.45) is 4.83. The van der Waals surface area contributed by atoms with Gasteiger partial charge in [0.05, 0.1) is 0 Å². The summed E-state index contributed by atoms with van der Waals surface area (Å²) in [6, 6.07) is 0. The summed E-state index contributed by atoms with van der Waals surface area (Å²) in [5, 5.41) is 3.44. The summed E-state index contributed by atoms with van der Waals surface area (Å²) in [5.41, 5.74) is 0.363. The van der Waals surface area contributed by atoms with Gasteiger partial charge in [-0.05, 0) is 5.41 Å². The highest BCUT2D eigenvalue weighted by Gasteiger charge is 2.08. The lowest BCUT2D eigenvalue weighted by atomic mass is 9.97. The van der Waals surface area contributed by atoms with Gasteiger partial charge in [-0.15, -0.1) is 0 Å². The standard InChI is InChI=1S/C11H21N3/c1-11(2,3)9-12-6-5-10-13-7-8-14(10)4/h7-8,12H,5-6,9H2,1-4H3. The minimum absolute atomic E-state index is 0.363. The van der Waals surface area contributed by atoms with Crippen LogP contribution in [0.3, 0.4) is 0 Å². The van der Waals surface area contributed by atoms with Crippen LogP contribution < -0.4 is 5.32 Å². The lowest BCUT2D eigenvalue weighted by Gasteiger charge is -2.18. The Morgan fingerprint density at radius 1 is 1.43 bits per heavy atom. The minimum atomic E-state index is 0.363. The number of rotatable bonds is 4. The van der Waals surface area contributed by atoms with Crippen molar-refractivity contribution in [3.63, 3.8) is 0 Å². The average molecular weight is 195 g/mol. The Labute approximate surface area is 86.5 Å². The molecule has 0 radical (unpaired) electrons. The van der Waals surface area contributed by atoms with Gasteiger partial charge in [0, 0.05) is 39.0 Å². The molecule has 1 heterocycles. The number of nitrogens with zero attached hydrogens (tertiary/aromatic N) is 2. The van der Waals surface area contributed by atoms with E-state index in [0.29, 0.717) is 5.41 Å². The summed E-state index contributed by atoms with van der Waals surface area (Å²) >= 11 is 0. The first-order chi connectivity index (χ1) is 6.49. The molecule has 0 spiro atoms. The Bertz CT molecular complexity index is 270. The molecule has 0 fully saturated rings. The van der Waals surface area contributed by atoms with Crippen LogP contribution in [0.1, 0.15) is 26.6 Å². The van der Waals surface area contributed by atoms with Crippen LogP contribution in [-0.2, 0) is 13.5 Å². The third-order valence-corrected chi connectivity index (χ3v) is 2.10. The quantitative estimate of drug-likeness (QED) is 0.740. The van der Waals surface area contributed by atoms with Crippen molar-refractivity contribution in [3.8, 4) is 0 Å². The monoisotopic (exact) mass is 195 g/mol. The van der Waals surface area contributed by atoms with E-state index >= 15 is 0 Å². The molecule has 0 saturated heterocycles. The van der Waals surface area contributed by atoms with Crippen LogP contribution in [0.4, 0.5) is 0 Å². The number of nitrogens with one attached hydrogen (secondary N) is 1. The number of hydrogen-bond donors (Lipinski definition) is 1. The first-order valence-electron chi connectivity index (χ1n) is 5.16. The molecule has 0 aliphatic heterocycles. The number of aryl methyl sites for hydroxylation is 1. The average Bonchev–Trinajstić information content (AvgIpc) is 2.44. The fourth-order valence-electron chi connectivity index (χ4n) is 1.30. The molecule has 14 heavy (non-hydrogen) atoms. The third-order valence-electron chi connectivity index (χ3n) is 2.10. The molecule has 0 aromatic carbocycles. The third kappa shape index (κ3) is 3.92. The highest BCUT2D eigenvalue weighted by Crippen LogP contribution is 2.09. The molecule has 3 nitrogen and oxygen atoms in total. The molecular weight excluding hydrogens is 174 g/mol. The van der Waals surface area contributed by atoms with Gasteiger partial charge in [-0.25, -0.2) is 4.98 Å². The fraction of sp³-hybridized carbons (Fsp3) is 0.727. The predicted molar refractivity (Wildman–Crippen MR) is 59.2 cm³/mol. The molecule has 1 aromatic heterocycles. The number of imidazole rings is 1. The van der Waals surface area contributed by atoms with E-state index in [1.165, 1.54) is 0 Å². The SMILES string of the molecule is Cn1ccnc1CCNCC(C)(C)C. The maximum absolute atomic E-state index is 4.27. The van der Waals surface area contributed by atoms with Gasteiger partial charge in [-0.2, -0.15) is 0 Å². The summed E-state index contributed by atoms with van der Waals surface area (Å²) < 4.78 is 2.07. The molecule has 3 heteroatoms. The number of hydrogen-bond acceptors (Lipinski definition) is 2. The van der Waals surface area contributed by atoms with Gasteiger partial charge in [0.15, 0.2) is 0 Å². The van der Waals surface area contributed by atoms with Crippen molar-refractivity contribution in [3.05, 3.63) is 18.2 Å². The van der Waals surface area contributed by atoms with Crippen molar-refractivity contribution >= 4 is 0 Å². The van der Waals surface area contributed by atoms with Crippen LogP contribution in [-0.4, -0.2) is 22.6 Å². The zero-order chi connectivity index (χ0) is 10.6.